The number of likely N-dealkylation sites (tertiary alicyclic amines) is 1. The van der Waals surface area contributed by atoms with Crippen LogP contribution in [0.1, 0.15) is 44.7 Å². The average molecular weight is 411 g/mol. The standard InChI is InChI=1S/C25H34N2O3/c1-24(2,3)30-23(28)26-19-25(21-8-6-5-7-9-21)14-16-27(17-15-25)18-20-10-12-22(29-4)13-11-20/h5-13H,14-19H2,1-4H3,(H,26,28). The first-order valence-electron chi connectivity index (χ1n) is 10.7. The van der Waals surface area contributed by atoms with Crippen molar-refractivity contribution in [3.63, 3.8) is 0 Å². The Morgan fingerprint density at radius 3 is 2.23 bits per heavy atom. The van der Waals surface area contributed by atoms with E-state index in [0.717, 1.165) is 38.2 Å². The van der Waals surface area contributed by atoms with Crippen LogP contribution in [0.15, 0.2) is 54.6 Å². The number of benzene rings is 2. The van der Waals surface area contributed by atoms with Crippen LogP contribution in [-0.2, 0) is 16.7 Å². The Hall–Kier alpha value is -2.53. The lowest BCUT2D eigenvalue weighted by atomic mass is 9.72. The topological polar surface area (TPSA) is 50.8 Å². The molecule has 0 spiro atoms. The summed E-state index contributed by atoms with van der Waals surface area (Å²) in [5.74, 6) is 0.883. The number of nitrogens with zero attached hydrogens (tertiary/aromatic N) is 1. The lowest BCUT2D eigenvalue weighted by Crippen LogP contribution is -2.49. The summed E-state index contributed by atoms with van der Waals surface area (Å²) in [7, 11) is 1.69. The largest absolute Gasteiger partial charge is 0.497 e. The number of piperidine rings is 1. The summed E-state index contributed by atoms with van der Waals surface area (Å²) in [6, 6.07) is 18.8. The van der Waals surface area contributed by atoms with Crippen molar-refractivity contribution in [2.45, 2.75) is 51.2 Å². The fraction of sp³-hybridized carbons (Fsp3) is 0.480. The van der Waals surface area contributed by atoms with Gasteiger partial charge in [0, 0.05) is 18.5 Å². The molecule has 0 atom stereocenters. The molecule has 1 fully saturated rings. The number of methoxy groups -OCH3 is 1. The summed E-state index contributed by atoms with van der Waals surface area (Å²) in [5, 5.41) is 3.03. The van der Waals surface area contributed by atoms with Gasteiger partial charge in [0.15, 0.2) is 0 Å². The summed E-state index contributed by atoms with van der Waals surface area (Å²) >= 11 is 0. The second-order valence-corrected chi connectivity index (χ2v) is 9.13. The van der Waals surface area contributed by atoms with Gasteiger partial charge in [-0.15, -0.1) is 0 Å². The van der Waals surface area contributed by atoms with Crippen molar-refractivity contribution < 1.29 is 14.3 Å². The highest BCUT2D eigenvalue weighted by atomic mass is 16.6. The van der Waals surface area contributed by atoms with Crippen LogP contribution in [0.25, 0.3) is 0 Å². The zero-order valence-electron chi connectivity index (χ0n) is 18.6. The van der Waals surface area contributed by atoms with Crippen molar-refractivity contribution in [2.75, 3.05) is 26.7 Å². The number of rotatable bonds is 6. The van der Waals surface area contributed by atoms with Gasteiger partial charge in [0.1, 0.15) is 11.4 Å². The Morgan fingerprint density at radius 2 is 1.67 bits per heavy atom. The van der Waals surface area contributed by atoms with Crippen molar-refractivity contribution in [1.82, 2.24) is 10.2 Å². The molecule has 5 nitrogen and oxygen atoms in total. The van der Waals surface area contributed by atoms with E-state index in [2.05, 4.69) is 46.6 Å². The minimum absolute atomic E-state index is 0.0748. The predicted octanol–water partition coefficient (Wildman–Crippen LogP) is 4.75. The number of amides is 1. The van der Waals surface area contributed by atoms with E-state index < -0.39 is 5.60 Å². The molecule has 162 valence electrons. The van der Waals surface area contributed by atoms with Gasteiger partial charge < -0.3 is 14.8 Å². The van der Waals surface area contributed by atoms with E-state index in [4.69, 9.17) is 9.47 Å². The Balaban J connectivity index is 1.65. The van der Waals surface area contributed by atoms with Crippen LogP contribution in [0.4, 0.5) is 4.79 Å². The third-order valence-electron chi connectivity index (χ3n) is 5.73. The highest BCUT2D eigenvalue weighted by Gasteiger charge is 2.37. The van der Waals surface area contributed by atoms with Crippen molar-refractivity contribution in [2.24, 2.45) is 0 Å². The fourth-order valence-corrected chi connectivity index (χ4v) is 4.04. The molecule has 1 aliphatic rings. The summed E-state index contributed by atoms with van der Waals surface area (Å²) < 4.78 is 10.7. The van der Waals surface area contributed by atoms with Crippen LogP contribution >= 0.6 is 0 Å². The first kappa shape index (κ1) is 22.2. The second kappa shape index (κ2) is 9.52. The fourth-order valence-electron chi connectivity index (χ4n) is 4.04. The molecule has 5 heteroatoms. The van der Waals surface area contributed by atoms with E-state index in [1.165, 1.54) is 11.1 Å². The zero-order valence-corrected chi connectivity index (χ0v) is 18.6. The van der Waals surface area contributed by atoms with E-state index in [9.17, 15) is 4.79 Å². The second-order valence-electron chi connectivity index (χ2n) is 9.13. The Kier molecular flexibility index (Phi) is 7.03. The normalized spacial score (nSPS) is 16.7. The monoisotopic (exact) mass is 410 g/mol. The molecule has 1 heterocycles. The number of hydrogen-bond donors (Lipinski definition) is 1. The molecule has 0 aliphatic carbocycles. The van der Waals surface area contributed by atoms with Gasteiger partial charge in [-0.3, -0.25) is 4.90 Å². The van der Waals surface area contributed by atoms with Crippen LogP contribution in [-0.4, -0.2) is 43.3 Å². The van der Waals surface area contributed by atoms with Gasteiger partial charge in [-0.2, -0.15) is 0 Å². The maximum absolute atomic E-state index is 12.3. The van der Waals surface area contributed by atoms with Crippen LogP contribution < -0.4 is 10.1 Å². The van der Waals surface area contributed by atoms with Gasteiger partial charge in [-0.1, -0.05) is 42.5 Å². The maximum Gasteiger partial charge on any atom is 0.407 e. The average Bonchev–Trinajstić information content (AvgIpc) is 2.73. The first-order chi connectivity index (χ1) is 14.3. The number of alkyl carbamates (subject to hydrolysis) is 1. The minimum Gasteiger partial charge on any atom is -0.497 e. The smallest absolute Gasteiger partial charge is 0.407 e. The van der Waals surface area contributed by atoms with Gasteiger partial charge in [-0.25, -0.2) is 4.79 Å². The van der Waals surface area contributed by atoms with Gasteiger partial charge in [0.2, 0.25) is 0 Å². The van der Waals surface area contributed by atoms with Crippen LogP contribution in [0.3, 0.4) is 0 Å². The molecular weight excluding hydrogens is 376 g/mol. The number of nitrogens with one attached hydrogen (secondary N) is 1. The van der Waals surface area contributed by atoms with Crippen molar-refractivity contribution in [1.29, 1.82) is 0 Å². The third kappa shape index (κ3) is 5.99. The Bertz CT molecular complexity index is 805. The highest BCUT2D eigenvalue weighted by Crippen LogP contribution is 2.35. The van der Waals surface area contributed by atoms with Crippen molar-refractivity contribution >= 4 is 6.09 Å². The molecule has 0 saturated carbocycles. The molecule has 0 bridgehead atoms. The van der Waals surface area contributed by atoms with E-state index >= 15 is 0 Å². The lowest BCUT2D eigenvalue weighted by Gasteiger charge is -2.42. The quantitative estimate of drug-likeness (QED) is 0.746. The molecule has 0 radical (unpaired) electrons. The molecule has 0 unspecified atom stereocenters. The van der Waals surface area contributed by atoms with Crippen LogP contribution in [0.2, 0.25) is 0 Å². The number of hydrogen-bond acceptors (Lipinski definition) is 4. The molecule has 1 saturated heterocycles. The minimum atomic E-state index is -0.494. The Labute approximate surface area is 180 Å². The molecule has 1 amide bonds. The van der Waals surface area contributed by atoms with Crippen molar-refractivity contribution in [3.8, 4) is 5.75 Å². The van der Waals surface area contributed by atoms with Gasteiger partial charge in [0.25, 0.3) is 0 Å². The van der Waals surface area contributed by atoms with Crippen LogP contribution in [0, 0.1) is 0 Å². The third-order valence-corrected chi connectivity index (χ3v) is 5.73. The molecule has 3 rings (SSSR count). The van der Waals surface area contributed by atoms with E-state index in [1.54, 1.807) is 7.11 Å². The zero-order chi connectivity index (χ0) is 21.6. The summed E-state index contributed by atoms with van der Waals surface area (Å²) in [6.07, 6.45) is 1.63. The number of carbonyl (C=O) groups excluding carboxylic acids is 1. The molecule has 1 N–H and O–H groups in total. The Morgan fingerprint density at radius 1 is 1.03 bits per heavy atom. The van der Waals surface area contributed by atoms with Gasteiger partial charge >= 0.3 is 6.09 Å². The van der Waals surface area contributed by atoms with Crippen LogP contribution in [0.5, 0.6) is 5.75 Å². The van der Waals surface area contributed by atoms with Gasteiger partial charge in [0.05, 0.1) is 7.11 Å². The summed E-state index contributed by atoms with van der Waals surface area (Å²) in [5.41, 5.74) is 2.00. The molecular formula is C25H34N2O3. The maximum atomic E-state index is 12.3. The van der Waals surface area contributed by atoms with E-state index in [0.29, 0.717) is 6.54 Å². The van der Waals surface area contributed by atoms with Gasteiger partial charge in [-0.05, 0) is 70.0 Å². The number of carbonyl (C=O) groups is 1. The molecule has 2 aromatic carbocycles. The molecule has 2 aromatic rings. The number of ether oxygens (including phenoxy) is 2. The predicted molar refractivity (Wildman–Crippen MR) is 120 cm³/mol. The van der Waals surface area contributed by atoms with Crippen molar-refractivity contribution in [3.05, 3.63) is 65.7 Å². The molecule has 0 aromatic heterocycles. The van der Waals surface area contributed by atoms with E-state index in [1.807, 2.05) is 39.0 Å². The summed E-state index contributed by atoms with van der Waals surface area (Å²) in [4.78, 5) is 14.8. The summed E-state index contributed by atoms with van der Waals surface area (Å²) in [6.45, 7) is 9.14. The lowest BCUT2D eigenvalue weighted by molar-refractivity contribution is 0.0497. The molecule has 1 aliphatic heterocycles. The molecule has 30 heavy (non-hydrogen) atoms. The van der Waals surface area contributed by atoms with E-state index in [-0.39, 0.29) is 11.5 Å². The first-order valence-corrected chi connectivity index (χ1v) is 10.7. The SMILES string of the molecule is COc1ccc(CN2CCC(CNC(=O)OC(C)(C)C)(c3ccccc3)CC2)cc1. The highest BCUT2D eigenvalue weighted by molar-refractivity contribution is 5.67.